The molecule has 0 N–H and O–H groups in total. The summed E-state index contributed by atoms with van der Waals surface area (Å²) in [7, 11) is 1.50. The van der Waals surface area contributed by atoms with Crippen LogP contribution in [0.3, 0.4) is 0 Å². The third-order valence-corrected chi connectivity index (χ3v) is 4.90. The molecule has 0 aromatic heterocycles. The molecule has 0 bridgehead atoms. The summed E-state index contributed by atoms with van der Waals surface area (Å²) >= 11 is 0. The average Bonchev–Trinajstić information content (AvgIpc) is 3.08. The normalized spacial score (nSPS) is 16.9. The third-order valence-electron chi connectivity index (χ3n) is 4.90. The van der Waals surface area contributed by atoms with Crippen LogP contribution in [0.2, 0.25) is 0 Å². The molecule has 1 aliphatic rings. The molecule has 152 valence electrons. The Balaban J connectivity index is 1.78. The minimum atomic E-state index is -0.707. The van der Waals surface area contributed by atoms with E-state index in [2.05, 4.69) is 0 Å². The van der Waals surface area contributed by atoms with Crippen molar-refractivity contribution in [2.45, 2.75) is 24.8 Å². The molecule has 2 aromatic rings. The number of carbonyl (C=O) groups excluding carboxylic acids is 2. The maximum absolute atomic E-state index is 12.9. The van der Waals surface area contributed by atoms with Crippen LogP contribution in [0.1, 0.15) is 23.5 Å². The monoisotopic (exact) mass is 398 g/mol. The SMILES string of the molecule is COc1cccc([C@@H](CC(=O)N2C(=O)OC[C@H]2Cc2ccccc2)C[N+](=O)[O-])c1. The minimum Gasteiger partial charge on any atom is -0.497 e. The van der Waals surface area contributed by atoms with Gasteiger partial charge in [0.05, 0.1) is 19.1 Å². The van der Waals surface area contributed by atoms with Crippen LogP contribution in [0.5, 0.6) is 5.75 Å². The molecule has 0 unspecified atom stereocenters. The van der Waals surface area contributed by atoms with E-state index in [1.807, 2.05) is 30.3 Å². The molecule has 0 radical (unpaired) electrons. The van der Waals surface area contributed by atoms with Crippen LogP contribution in [0.15, 0.2) is 54.6 Å². The zero-order valence-electron chi connectivity index (χ0n) is 16.0. The third kappa shape index (κ3) is 5.10. The average molecular weight is 398 g/mol. The summed E-state index contributed by atoms with van der Waals surface area (Å²) in [5.74, 6) is -0.618. The Labute approximate surface area is 168 Å². The summed E-state index contributed by atoms with van der Waals surface area (Å²) in [6.07, 6.45) is -0.409. The van der Waals surface area contributed by atoms with E-state index in [1.165, 1.54) is 7.11 Å². The van der Waals surface area contributed by atoms with Crippen molar-refractivity contribution < 1.29 is 24.0 Å². The van der Waals surface area contributed by atoms with E-state index >= 15 is 0 Å². The van der Waals surface area contributed by atoms with E-state index in [1.54, 1.807) is 24.3 Å². The summed E-state index contributed by atoms with van der Waals surface area (Å²) in [6.45, 7) is -0.316. The molecule has 1 heterocycles. The van der Waals surface area contributed by atoms with Gasteiger partial charge in [-0.15, -0.1) is 0 Å². The van der Waals surface area contributed by atoms with Gasteiger partial charge in [-0.2, -0.15) is 0 Å². The Hall–Kier alpha value is -3.42. The Morgan fingerprint density at radius 1 is 1.28 bits per heavy atom. The second-order valence-electron chi connectivity index (χ2n) is 6.88. The van der Waals surface area contributed by atoms with E-state index in [0.717, 1.165) is 10.5 Å². The lowest BCUT2D eigenvalue weighted by atomic mass is 9.94. The molecule has 3 rings (SSSR count). The number of ether oxygens (including phenoxy) is 2. The van der Waals surface area contributed by atoms with Crippen LogP contribution in [0.4, 0.5) is 4.79 Å². The van der Waals surface area contributed by atoms with E-state index < -0.39 is 35.4 Å². The standard InChI is InChI=1S/C21H22N2O6/c1-28-19-9-5-8-16(11-19)17(13-22(26)27)12-20(24)23-18(14-29-21(23)25)10-15-6-3-2-4-7-15/h2-9,11,17-18H,10,12-14H2,1H3/t17-,18+/m0/s1. The quantitative estimate of drug-likeness (QED) is 0.501. The molecule has 1 fully saturated rings. The van der Waals surface area contributed by atoms with Crippen molar-refractivity contribution in [3.8, 4) is 5.75 Å². The van der Waals surface area contributed by atoms with Crippen molar-refractivity contribution in [3.63, 3.8) is 0 Å². The number of hydrogen-bond acceptors (Lipinski definition) is 6. The van der Waals surface area contributed by atoms with Crippen LogP contribution in [0, 0.1) is 10.1 Å². The van der Waals surface area contributed by atoms with E-state index in [9.17, 15) is 19.7 Å². The van der Waals surface area contributed by atoms with Crippen LogP contribution >= 0.6 is 0 Å². The summed E-state index contributed by atoms with van der Waals surface area (Å²) in [6, 6.07) is 15.9. The van der Waals surface area contributed by atoms with Crippen molar-refractivity contribution in [2.24, 2.45) is 0 Å². The lowest BCUT2D eigenvalue weighted by molar-refractivity contribution is -0.483. The highest BCUT2D eigenvalue weighted by Crippen LogP contribution is 2.27. The van der Waals surface area contributed by atoms with Gasteiger partial charge in [0, 0.05) is 11.3 Å². The van der Waals surface area contributed by atoms with E-state index in [0.29, 0.717) is 17.7 Å². The second-order valence-corrected chi connectivity index (χ2v) is 6.88. The molecular formula is C21H22N2O6. The fourth-order valence-corrected chi connectivity index (χ4v) is 3.47. The largest absolute Gasteiger partial charge is 0.497 e. The minimum absolute atomic E-state index is 0.110. The number of cyclic esters (lactones) is 1. The van der Waals surface area contributed by atoms with Crippen LogP contribution in [0.25, 0.3) is 0 Å². The number of carbonyl (C=O) groups is 2. The van der Waals surface area contributed by atoms with Gasteiger partial charge in [0.15, 0.2) is 0 Å². The molecule has 1 aliphatic heterocycles. The highest BCUT2D eigenvalue weighted by atomic mass is 16.6. The molecule has 1 saturated heterocycles. The molecule has 2 aromatic carbocycles. The number of rotatable bonds is 8. The van der Waals surface area contributed by atoms with Crippen LogP contribution in [-0.2, 0) is 16.0 Å². The van der Waals surface area contributed by atoms with Gasteiger partial charge in [-0.3, -0.25) is 14.9 Å². The number of nitro groups is 1. The fourth-order valence-electron chi connectivity index (χ4n) is 3.47. The molecule has 0 aliphatic carbocycles. The first kappa shape index (κ1) is 20.3. The Morgan fingerprint density at radius 2 is 2.03 bits per heavy atom. The predicted octanol–water partition coefficient (Wildman–Crippen LogP) is 3.04. The number of hydrogen-bond donors (Lipinski definition) is 0. The molecule has 8 nitrogen and oxygen atoms in total. The van der Waals surface area contributed by atoms with Crippen molar-refractivity contribution in [1.82, 2.24) is 4.90 Å². The van der Waals surface area contributed by atoms with Crippen molar-refractivity contribution >= 4 is 12.0 Å². The molecule has 2 atom stereocenters. The second kappa shape index (κ2) is 9.18. The zero-order chi connectivity index (χ0) is 20.8. The van der Waals surface area contributed by atoms with Gasteiger partial charge >= 0.3 is 6.09 Å². The van der Waals surface area contributed by atoms with Gasteiger partial charge < -0.3 is 9.47 Å². The highest BCUT2D eigenvalue weighted by Gasteiger charge is 2.39. The number of imide groups is 1. The number of benzene rings is 2. The van der Waals surface area contributed by atoms with Gasteiger partial charge in [-0.1, -0.05) is 42.5 Å². The van der Waals surface area contributed by atoms with Crippen LogP contribution < -0.4 is 4.74 Å². The first-order valence-corrected chi connectivity index (χ1v) is 9.26. The Kier molecular flexibility index (Phi) is 6.43. The maximum atomic E-state index is 12.9. The molecular weight excluding hydrogens is 376 g/mol. The van der Waals surface area contributed by atoms with Gasteiger partial charge in [0.2, 0.25) is 12.5 Å². The van der Waals surface area contributed by atoms with E-state index in [-0.39, 0.29) is 13.0 Å². The topological polar surface area (TPSA) is 99.0 Å². The lowest BCUT2D eigenvalue weighted by Crippen LogP contribution is -2.41. The number of amides is 2. The van der Waals surface area contributed by atoms with Crippen molar-refractivity contribution in [3.05, 3.63) is 75.8 Å². The Morgan fingerprint density at radius 3 is 2.72 bits per heavy atom. The maximum Gasteiger partial charge on any atom is 0.416 e. The summed E-state index contributed by atoms with van der Waals surface area (Å²) in [5.41, 5.74) is 1.59. The first-order chi connectivity index (χ1) is 14.0. The van der Waals surface area contributed by atoms with Crippen molar-refractivity contribution in [1.29, 1.82) is 0 Å². The van der Waals surface area contributed by atoms with Gasteiger partial charge in [0.25, 0.3) is 0 Å². The number of nitrogens with zero attached hydrogens (tertiary/aromatic N) is 2. The molecule has 0 saturated carbocycles. The van der Waals surface area contributed by atoms with Gasteiger partial charge in [-0.05, 0) is 29.7 Å². The summed E-state index contributed by atoms with van der Waals surface area (Å²) < 4.78 is 10.3. The van der Waals surface area contributed by atoms with E-state index in [4.69, 9.17) is 9.47 Å². The van der Waals surface area contributed by atoms with Crippen LogP contribution in [-0.4, -0.2) is 48.1 Å². The van der Waals surface area contributed by atoms with Gasteiger partial charge in [-0.25, -0.2) is 9.69 Å². The predicted molar refractivity (Wildman–Crippen MR) is 104 cm³/mol. The highest BCUT2D eigenvalue weighted by molar-refractivity contribution is 5.94. The first-order valence-electron chi connectivity index (χ1n) is 9.26. The molecule has 0 spiro atoms. The Bertz CT molecular complexity index is 886. The summed E-state index contributed by atoms with van der Waals surface area (Å²) in [5, 5.41) is 11.2. The smallest absolute Gasteiger partial charge is 0.416 e. The van der Waals surface area contributed by atoms with Gasteiger partial charge in [0.1, 0.15) is 12.4 Å². The molecule has 8 heteroatoms. The fraction of sp³-hybridized carbons (Fsp3) is 0.333. The molecule has 2 amide bonds. The summed E-state index contributed by atoms with van der Waals surface area (Å²) in [4.78, 5) is 36.9. The number of methoxy groups -OCH3 is 1. The van der Waals surface area contributed by atoms with Crippen molar-refractivity contribution in [2.75, 3.05) is 20.3 Å². The molecule has 29 heavy (non-hydrogen) atoms. The zero-order valence-corrected chi connectivity index (χ0v) is 16.0. The lowest BCUT2D eigenvalue weighted by Gasteiger charge is -2.22.